The van der Waals surface area contributed by atoms with Gasteiger partial charge in [0.25, 0.3) is 0 Å². The van der Waals surface area contributed by atoms with Crippen molar-refractivity contribution in [2.45, 2.75) is 27.7 Å². The molecule has 4 N–H and O–H groups in total. The first-order valence-electron chi connectivity index (χ1n) is 8.23. The number of anilines is 5. The molecule has 0 aliphatic rings. The Kier molecular flexibility index (Phi) is 4.57. The van der Waals surface area contributed by atoms with Gasteiger partial charge in [-0.15, -0.1) is 0 Å². The summed E-state index contributed by atoms with van der Waals surface area (Å²) in [6, 6.07) is 12.5. The van der Waals surface area contributed by atoms with Gasteiger partial charge in [-0.25, -0.2) is 9.97 Å². The van der Waals surface area contributed by atoms with Crippen molar-refractivity contribution in [1.29, 1.82) is 0 Å². The van der Waals surface area contributed by atoms with E-state index >= 15 is 0 Å². The van der Waals surface area contributed by atoms with Crippen LogP contribution in [0.1, 0.15) is 22.3 Å². The topological polar surface area (TPSA) is 75.9 Å². The van der Waals surface area contributed by atoms with Crippen molar-refractivity contribution in [3.63, 3.8) is 0 Å². The lowest BCUT2D eigenvalue weighted by atomic mass is 10.1. The molecule has 3 rings (SSSR count). The summed E-state index contributed by atoms with van der Waals surface area (Å²) in [6.07, 6.45) is 1.51. The summed E-state index contributed by atoms with van der Waals surface area (Å²) in [6.45, 7) is 8.21. The van der Waals surface area contributed by atoms with Crippen LogP contribution in [0.5, 0.6) is 0 Å². The number of hydrogen-bond acceptors (Lipinski definition) is 5. The second-order valence-corrected chi connectivity index (χ2v) is 6.37. The van der Waals surface area contributed by atoms with E-state index in [4.69, 9.17) is 5.73 Å². The van der Waals surface area contributed by atoms with Crippen molar-refractivity contribution < 1.29 is 0 Å². The van der Waals surface area contributed by atoms with Gasteiger partial charge in [-0.2, -0.15) is 0 Å². The fourth-order valence-electron chi connectivity index (χ4n) is 2.59. The van der Waals surface area contributed by atoms with E-state index in [1.165, 1.54) is 17.5 Å². The van der Waals surface area contributed by atoms with Crippen LogP contribution in [0.3, 0.4) is 0 Å². The predicted octanol–water partition coefficient (Wildman–Crippen LogP) is 4.78. The number of nitrogens with two attached hydrogens (primary N) is 1. The number of aryl methyl sites for hydroxylation is 4. The molecule has 5 nitrogen and oxygen atoms in total. The van der Waals surface area contributed by atoms with Gasteiger partial charge in [0.1, 0.15) is 12.0 Å². The molecular formula is C20H23N5. The maximum Gasteiger partial charge on any atom is 0.159 e. The second-order valence-electron chi connectivity index (χ2n) is 6.37. The zero-order chi connectivity index (χ0) is 18.0. The van der Waals surface area contributed by atoms with E-state index in [1.807, 2.05) is 0 Å². The Bertz CT molecular complexity index is 846. The molecule has 0 atom stereocenters. The summed E-state index contributed by atoms with van der Waals surface area (Å²) in [5.41, 5.74) is 13.4. The fraction of sp³-hybridized carbons (Fsp3) is 0.200. The van der Waals surface area contributed by atoms with E-state index in [9.17, 15) is 0 Å². The minimum absolute atomic E-state index is 0.490. The number of hydrogen-bond donors (Lipinski definition) is 3. The second kappa shape index (κ2) is 6.81. The summed E-state index contributed by atoms with van der Waals surface area (Å²) in [5.74, 6) is 1.19. The third kappa shape index (κ3) is 3.71. The first kappa shape index (κ1) is 16.8. The quantitative estimate of drug-likeness (QED) is 0.640. The number of rotatable bonds is 4. The Morgan fingerprint density at radius 1 is 0.720 bits per heavy atom. The van der Waals surface area contributed by atoms with E-state index in [1.54, 1.807) is 0 Å². The first-order valence-corrected chi connectivity index (χ1v) is 8.23. The minimum atomic E-state index is 0.490. The molecule has 0 saturated heterocycles. The van der Waals surface area contributed by atoms with Crippen LogP contribution in [0, 0.1) is 27.7 Å². The van der Waals surface area contributed by atoms with E-state index < -0.39 is 0 Å². The summed E-state index contributed by atoms with van der Waals surface area (Å²) >= 11 is 0. The average molecular weight is 333 g/mol. The molecule has 3 aromatic rings. The molecular weight excluding hydrogens is 310 g/mol. The van der Waals surface area contributed by atoms with Gasteiger partial charge >= 0.3 is 0 Å². The molecule has 0 spiro atoms. The lowest BCUT2D eigenvalue weighted by Crippen LogP contribution is -2.06. The van der Waals surface area contributed by atoms with Gasteiger partial charge in [-0.1, -0.05) is 24.3 Å². The third-order valence-corrected chi connectivity index (χ3v) is 4.18. The molecule has 0 amide bonds. The Morgan fingerprint density at radius 3 is 1.60 bits per heavy atom. The number of nitrogens with zero attached hydrogens (tertiary/aromatic N) is 2. The van der Waals surface area contributed by atoms with Crippen LogP contribution in [0.2, 0.25) is 0 Å². The monoisotopic (exact) mass is 333 g/mol. The highest BCUT2D eigenvalue weighted by Gasteiger charge is 2.11. The number of nitrogen functional groups attached to an aromatic ring is 1. The van der Waals surface area contributed by atoms with Crippen LogP contribution in [0.15, 0.2) is 42.7 Å². The maximum absolute atomic E-state index is 6.31. The molecule has 128 valence electrons. The zero-order valence-corrected chi connectivity index (χ0v) is 15.0. The fourth-order valence-corrected chi connectivity index (χ4v) is 2.59. The van der Waals surface area contributed by atoms with Gasteiger partial charge in [0.2, 0.25) is 0 Å². The summed E-state index contributed by atoms with van der Waals surface area (Å²) in [4.78, 5) is 8.60. The largest absolute Gasteiger partial charge is 0.393 e. The van der Waals surface area contributed by atoms with Gasteiger partial charge in [-0.3, -0.25) is 0 Å². The molecule has 0 unspecified atom stereocenters. The van der Waals surface area contributed by atoms with Crippen LogP contribution >= 0.6 is 0 Å². The van der Waals surface area contributed by atoms with Gasteiger partial charge in [0.15, 0.2) is 11.6 Å². The molecule has 0 radical (unpaired) electrons. The summed E-state index contributed by atoms with van der Waals surface area (Å²) in [5, 5.41) is 6.63. The predicted molar refractivity (Wildman–Crippen MR) is 105 cm³/mol. The number of benzene rings is 2. The zero-order valence-electron chi connectivity index (χ0n) is 15.0. The van der Waals surface area contributed by atoms with Crippen LogP contribution in [-0.2, 0) is 0 Å². The van der Waals surface area contributed by atoms with Crippen LogP contribution in [0.25, 0.3) is 0 Å². The van der Waals surface area contributed by atoms with Crippen LogP contribution < -0.4 is 16.4 Å². The van der Waals surface area contributed by atoms with E-state index in [-0.39, 0.29) is 0 Å². The molecule has 0 saturated carbocycles. The standard InChI is InChI=1S/C20H23N5/c1-12-5-7-14(3)16(9-12)24-19-18(21)20(23-11-22-19)25-17-10-13(2)6-8-15(17)4/h5-11H,21H2,1-4H3,(H2,22,23,24,25). The Labute approximate surface area is 148 Å². The molecule has 0 bridgehead atoms. The van der Waals surface area contributed by atoms with Crippen molar-refractivity contribution in [2.24, 2.45) is 0 Å². The van der Waals surface area contributed by atoms with Crippen molar-refractivity contribution in [2.75, 3.05) is 16.4 Å². The van der Waals surface area contributed by atoms with Crippen LogP contribution in [-0.4, -0.2) is 9.97 Å². The van der Waals surface area contributed by atoms with Crippen molar-refractivity contribution >= 4 is 28.7 Å². The van der Waals surface area contributed by atoms with Gasteiger partial charge in [0.05, 0.1) is 0 Å². The highest BCUT2D eigenvalue weighted by Crippen LogP contribution is 2.30. The summed E-state index contributed by atoms with van der Waals surface area (Å²) in [7, 11) is 0. The molecule has 5 heteroatoms. The lowest BCUT2D eigenvalue weighted by molar-refractivity contribution is 1.17. The van der Waals surface area contributed by atoms with Crippen molar-refractivity contribution in [3.8, 4) is 0 Å². The molecule has 1 aromatic heterocycles. The van der Waals surface area contributed by atoms with Gasteiger partial charge in [-0.05, 0) is 62.1 Å². The molecule has 0 fully saturated rings. The van der Waals surface area contributed by atoms with Gasteiger partial charge < -0.3 is 16.4 Å². The average Bonchev–Trinajstić information content (AvgIpc) is 2.58. The number of nitrogens with one attached hydrogen (secondary N) is 2. The van der Waals surface area contributed by atoms with E-state index in [0.717, 1.165) is 22.5 Å². The highest BCUT2D eigenvalue weighted by atomic mass is 15.1. The smallest absolute Gasteiger partial charge is 0.159 e. The maximum atomic E-state index is 6.31. The molecule has 0 aliphatic carbocycles. The SMILES string of the molecule is Cc1ccc(C)c(Nc2ncnc(Nc3cc(C)ccc3C)c2N)c1. The van der Waals surface area contributed by atoms with Gasteiger partial charge in [0, 0.05) is 11.4 Å². The minimum Gasteiger partial charge on any atom is -0.393 e. The molecule has 2 aromatic carbocycles. The highest BCUT2D eigenvalue weighted by molar-refractivity contribution is 5.81. The Morgan fingerprint density at radius 2 is 1.16 bits per heavy atom. The van der Waals surface area contributed by atoms with Crippen molar-refractivity contribution in [1.82, 2.24) is 9.97 Å². The Hall–Kier alpha value is -3.08. The molecule has 25 heavy (non-hydrogen) atoms. The first-order chi connectivity index (χ1) is 11.9. The van der Waals surface area contributed by atoms with Crippen LogP contribution in [0.4, 0.5) is 28.7 Å². The molecule has 1 heterocycles. The molecule has 0 aliphatic heterocycles. The van der Waals surface area contributed by atoms with E-state index in [0.29, 0.717) is 17.3 Å². The normalized spacial score (nSPS) is 10.6. The third-order valence-electron chi connectivity index (χ3n) is 4.18. The summed E-state index contributed by atoms with van der Waals surface area (Å²) < 4.78 is 0. The van der Waals surface area contributed by atoms with E-state index in [2.05, 4.69) is 84.7 Å². The van der Waals surface area contributed by atoms with Crippen molar-refractivity contribution in [3.05, 3.63) is 65.0 Å². The Balaban J connectivity index is 1.92. The number of aromatic nitrogens is 2. The lowest BCUT2D eigenvalue weighted by Gasteiger charge is -2.15.